The third-order valence-corrected chi connectivity index (χ3v) is 3.65. The Balaban J connectivity index is 2.08. The molecule has 7 heteroatoms. The fourth-order valence-corrected chi connectivity index (χ4v) is 2.40. The van der Waals surface area contributed by atoms with Crippen LogP contribution < -0.4 is 10.1 Å². The highest BCUT2D eigenvalue weighted by molar-refractivity contribution is 7.12. The average Bonchev–Trinajstić information content (AvgIpc) is 2.94. The van der Waals surface area contributed by atoms with E-state index < -0.39 is 11.9 Å². The first-order chi connectivity index (χ1) is 10.5. The minimum Gasteiger partial charge on any atom is -0.504 e. The molecule has 6 nitrogen and oxygen atoms in total. The number of phenols is 1. The standard InChI is InChI=1S/C15H13NO5S/c1-21-12-8-9(2-4-11(12)17)3-5-13(18)16-10-6-7-22-14(10)15(19)20/h2-8,17H,1H3,(H,16,18)(H,19,20)/b5-3+. The van der Waals surface area contributed by atoms with Gasteiger partial charge in [-0.2, -0.15) is 0 Å². The number of aromatic carboxylic acids is 1. The molecule has 0 radical (unpaired) electrons. The van der Waals surface area contributed by atoms with Crippen molar-refractivity contribution in [3.8, 4) is 11.5 Å². The molecule has 0 atom stereocenters. The third-order valence-electron chi connectivity index (χ3n) is 2.75. The van der Waals surface area contributed by atoms with Crippen molar-refractivity contribution in [3.63, 3.8) is 0 Å². The maximum Gasteiger partial charge on any atom is 0.348 e. The minimum absolute atomic E-state index is 0.00785. The number of carboxylic acids is 1. The number of benzene rings is 1. The van der Waals surface area contributed by atoms with Gasteiger partial charge in [0.15, 0.2) is 11.5 Å². The second kappa shape index (κ2) is 6.77. The van der Waals surface area contributed by atoms with Crippen molar-refractivity contribution in [2.75, 3.05) is 12.4 Å². The maximum atomic E-state index is 11.8. The Morgan fingerprint density at radius 1 is 1.32 bits per heavy atom. The normalized spacial score (nSPS) is 10.6. The molecule has 0 spiro atoms. The number of amides is 1. The van der Waals surface area contributed by atoms with Gasteiger partial charge in [-0.1, -0.05) is 6.07 Å². The van der Waals surface area contributed by atoms with Crippen molar-refractivity contribution < 1.29 is 24.5 Å². The second-order valence-electron chi connectivity index (χ2n) is 4.22. The van der Waals surface area contributed by atoms with Crippen LogP contribution in [0.4, 0.5) is 5.69 Å². The van der Waals surface area contributed by atoms with Crippen LogP contribution in [0.5, 0.6) is 11.5 Å². The molecular formula is C15H13NO5S. The summed E-state index contributed by atoms with van der Waals surface area (Å²) >= 11 is 1.04. The summed E-state index contributed by atoms with van der Waals surface area (Å²) in [6, 6.07) is 6.18. The molecular weight excluding hydrogens is 306 g/mol. The first kappa shape index (κ1) is 15.6. The van der Waals surface area contributed by atoms with Gasteiger partial charge in [0.2, 0.25) is 5.91 Å². The minimum atomic E-state index is -1.09. The van der Waals surface area contributed by atoms with E-state index in [1.54, 1.807) is 17.5 Å². The molecule has 0 aliphatic carbocycles. The molecule has 22 heavy (non-hydrogen) atoms. The zero-order chi connectivity index (χ0) is 16.1. The zero-order valence-electron chi connectivity index (χ0n) is 11.6. The summed E-state index contributed by atoms with van der Waals surface area (Å²) in [5, 5.41) is 22.5. The number of anilines is 1. The van der Waals surface area contributed by atoms with Gasteiger partial charge in [0.1, 0.15) is 4.88 Å². The topological polar surface area (TPSA) is 95.9 Å². The van der Waals surface area contributed by atoms with E-state index in [0.29, 0.717) is 11.3 Å². The summed E-state index contributed by atoms with van der Waals surface area (Å²) in [5.41, 5.74) is 0.920. The van der Waals surface area contributed by atoms with E-state index >= 15 is 0 Å². The molecule has 1 amide bonds. The molecule has 0 bridgehead atoms. The van der Waals surface area contributed by atoms with Crippen LogP contribution >= 0.6 is 11.3 Å². The van der Waals surface area contributed by atoms with Gasteiger partial charge in [-0.05, 0) is 35.2 Å². The molecule has 1 heterocycles. The van der Waals surface area contributed by atoms with Crippen LogP contribution in [-0.2, 0) is 4.79 Å². The molecule has 0 saturated carbocycles. The maximum absolute atomic E-state index is 11.8. The summed E-state index contributed by atoms with van der Waals surface area (Å²) < 4.78 is 4.97. The SMILES string of the molecule is COc1cc(/C=C/C(=O)Nc2ccsc2C(=O)O)ccc1O. The predicted molar refractivity (Wildman–Crippen MR) is 83.6 cm³/mol. The average molecular weight is 319 g/mol. The molecule has 1 aromatic heterocycles. The third kappa shape index (κ3) is 3.64. The van der Waals surface area contributed by atoms with Gasteiger partial charge >= 0.3 is 5.97 Å². The van der Waals surface area contributed by atoms with Crippen LogP contribution in [-0.4, -0.2) is 29.2 Å². The van der Waals surface area contributed by atoms with Gasteiger partial charge in [0.05, 0.1) is 12.8 Å². The Morgan fingerprint density at radius 2 is 2.09 bits per heavy atom. The summed E-state index contributed by atoms with van der Waals surface area (Å²) in [5.74, 6) is -1.23. The highest BCUT2D eigenvalue weighted by atomic mass is 32.1. The van der Waals surface area contributed by atoms with Crippen LogP contribution in [0, 0.1) is 0 Å². The smallest absolute Gasteiger partial charge is 0.348 e. The van der Waals surface area contributed by atoms with Gasteiger partial charge in [-0.15, -0.1) is 11.3 Å². The lowest BCUT2D eigenvalue weighted by atomic mass is 10.2. The quantitative estimate of drug-likeness (QED) is 0.737. The molecule has 2 aromatic rings. The van der Waals surface area contributed by atoms with E-state index in [2.05, 4.69) is 5.32 Å². The van der Waals surface area contributed by atoms with E-state index in [4.69, 9.17) is 9.84 Å². The van der Waals surface area contributed by atoms with Gasteiger partial charge in [-0.3, -0.25) is 4.79 Å². The first-order valence-electron chi connectivity index (χ1n) is 6.18. The van der Waals surface area contributed by atoms with Gasteiger partial charge in [0.25, 0.3) is 0 Å². The number of hydrogen-bond donors (Lipinski definition) is 3. The number of methoxy groups -OCH3 is 1. The highest BCUT2D eigenvalue weighted by Gasteiger charge is 2.12. The Morgan fingerprint density at radius 3 is 2.77 bits per heavy atom. The molecule has 1 aromatic carbocycles. The van der Waals surface area contributed by atoms with E-state index in [9.17, 15) is 14.7 Å². The number of phenolic OH excluding ortho intramolecular Hbond substituents is 1. The fraction of sp³-hybridized carbons (Fsp3) is 0.0667. The number of hydrogen-bond acceptors (Lipinski definition) is 5. The van der Waals surface area contributed by atoms with Gasteiger partial charge < -0.3 is 20.3 Å². The van der Waals surface area contributed by atoms with Crippen molar-refractivity contribution in [1.29, 1.82) is 0 Å². The molecule has 0 saturated heterocycles. The Hall–Kier alpha value is -2.80. The number of carboxylic acid groups (broad SMARTS) is 1. The van der Waals surface area contributed by atoms with Crippen molar-refractivity contribution in [3.05, 3.63) is 46.2 Å². The lowest BCUT2D eigenvalue weighted by Gasteiger charge is -2.04. The molecule has 0 aliphatic rings. The zero-order valence-corrected chi connectivity index (χ0v) is 12.4. The number of thiophene rings is 1. The molecule has 3 N–H and O–H groups in total. The number of carbonyl (C=O) groups excluding carboxylic acids is 1. The highest BCUT2D eigenvalue weighted by Crippen LogP contribution is 2.27. The summed E-state index contributed by atoms with van der Waals surface area (Å²) in [7, 11) is 1.43. The Bertz CT molecular complexity index is 735. The van der Waals surface area contributed by atoms with Crippen LogP contribution in [0.25, 0.3) is 6.08 Å². The molecule has 0 aliphatic heterocycles. The molecule has 0 fully saturated rings. The summed E-state index contributed by atoms with van der Waals surface area (Å²) in [6.45, 7) is 0. The number of aromatic hydroxyl groups is 1. The number of carbonyl (C=O) groups is 2. The van der Waals surface area contributed by atoms with Gasteiger partial charge in [-0.25, -0.2) is 4.79 Å². The molecule has 114 valence electrons. The summed E-state index contributed by atoms with van der Waals surface area (Å²) in [4.78, 5) is 22.8. The second-order valence-corrected chi connectivity index (χ2v) is 5.14. The van der Waals surface area contributed by atoms with Crippen molar-refractivity contribution >= 4 is 35.0 Å². The van der Waals surface area contributed by atoms with Crippen molar-refractivity contribution in [2.24, 2.45) is 0 Å². The number of rotatable bonds is 5. The van der Waals surface area contributed by atoms with E-state index in [1.165, 1.54) is 31.4 Å². The van der Waals surface area contributed by atoms with Crippen LogP contribution in [0.15, 0.2) is 35.7 Å². The van der Waals surface area contributed by atoms with Crippen LogP contribution in [0.1, 0.15) is 15.2 Å². The molecule has 2 rings (SSSR count). The van der Waals surface area contributed by atoms with E-state index in [-0.39, 0.29) is 16.3 Å². The Labute approximate surface area is 130 Å². The summed E-state index contributed by atoms with van der Waals surface area (Å²) in [6.07, 6.45) is 2.80. The molecule has 0 unspecified atom stereocenters. The Kier molecular flexibility index (Phi) is 4.80. The largest absolute Gasteiger partial charge is 0.504 e. The van der Waals surface area contributed by atoms with E-state index in [0.717, 1.165) is 11.3 Å². The predicted octanol–water partition coefficient (Wildman–Crippen LogP) is 2.81. The number of nitrogens with one attached hydrogen (secondary N) is 1. The first-order valence-corrected chi connectivity index (χ1v) is 7.06. The van der Waals surface area contributed by atoms with Crippen LogP contribution in [0.3, 0.4) is 0 Å². The van der Waals surface area contributed by atoms with Crippen molar-refractivity contribution in [1.82, 2.24) is 0 Å². The lowest BCUT2D eigenvalue weighted by Crippen LogP contribution is -2.09. The monoisotopic (exact) mass is 319 g/mol. The van der Waals surface area contributed by atoms with E-state index in [1.807, 2.05) is 0 Å². The fourth-order valence-electron chi connectivity index (χ4n) is 1.72. The number of ether oxygens (including phenoxy) is 1. The van der Waals surface area contributed by atoms with Gasteiger partial charge in [0, 0.05) is 6.08 Å². The van der Waals surface area contributed by atoms with Crippen LogP contribution in [0.2, 0.25) is 0 Å². The lowest BCUT2D eigenvalue weighted by molar-refractivity contribution is -0.111. The van der Waals surface area contributed by atoms with Crippen molar-refractivity contribution in [2.45, 2.75) is 0 Å².